The summed E-state index contributed by atoms with van der Waals surface area (Å²) in [7, 11) is 0. The van der Waals surface area contributed by atoms with Crippen LogP contribution in [0.1, 0.15) is 86.5 Å². The molecule has 0 unspecified atom stereocenters. The Morgan fingerprint density at radius 3 is 0.975 bits per heavy atom. The molecule has 0 spiro atoms. The maximum absolute atomic E-state index is 2.40. The topological polar surface area (TPSA) is 6.48 Å². The average Bonchev–Trinajstić information content (AvgIpc) is 3.53. The van der Waals surface area contributed by atoms with Crippen LogP contribution < -0.4 is 9.80 Å². The number of rotatable bonds is 19. The van der Waals surface area contributed by atoms with Crippen LogP contribution in [0.3, 0.4) is 0 Å². The first-order valence-corrected chi connectivity index (χ1v) is 28.1. The first-order chi connectivity index (χ1) is 39.6. The van der Waals surface area contributed by atoms with Crippen LogP contribution in [0.25, 0.3) is 36.0 Å². The molecule has 0 aromatic heterocycles. The summed E-state index contributed by atoms with van der Waals surface area (Å²) < 4.78 is 0. The van der Waals surface area contributed by atoms with Gasteiger partial charge in [0, 0.05) is 40.0 Å². The minimum absolute atomic E-state index is 0.277. The standard InChI is InChI=1S/C78H66N2/c1-3-65-21-17-19-31-77(65)79(73-53-45-63(46-54-73)57-75(67-23-9-5-10-24-67)68-25-11-6-12-26-68)71-49-41-61(42-50-71)39-37-59-33-35-60(36-34-59)38-40-62-43-51-72(52-44-62)80(78-32-20-18-22-66(78)4-2)74-55-47-64(48-56-74)58-76(69-27-13-7-14-28-69)70-29-15-8-16-30-70/h5-57,76H,3-4,58H2,1-2H3/b39-37+,40-38+. The van der Waals surface area contributed by atoms with Gasteiger partial charge in [0.2, 0.25) is 0 Å². The Hall–Kier alpha value is -9.76. The van der Waals surface area contributed by atoms with E-state index in [0.717, 1.165) is 69.8 Å². The van der Waals surface area contributed by atoms with E-state index >= 15 is 0 Å². The van der Waals surface area contributed by atoms with E-state index < -0.39 is 0 Å². The Kier molecular flexibility index (Phi) is 16.7. The Balaban J connectivity index is 0.773. The predicted molar refractivity (Wildman–Crippen MR) is 344 cm³/mol. The van der Waals surface area contributed by atoms with Crippen LogP contribution >= 0.6 is 0 Å². The number of nitrogens with zero attached hydrogens (tertiary/aromatic N) is 2. The highest BCUT2D eigenvalue weighted by Gasteiger charge is 2.19. The highest BCUT2D eigenvalue weighted by molar-refractivity contribution is 5.92. The lowest BCUT2D eigenvalue weighted by Gasteiger charge is -2.28. The van der Waals surface area contributed by atoms with Gasteiger partial charge in [-0.25, -0.2) is 0 Å². The molecule has 388 valence electrons. The molecule has 0 atom stereocenters. The van der Waals surface area contributed by atoms with Crippen LogP contribution in [0, 0.1) is 0 Å². The molecule has 11 aromatic rings. The molecule has 0 aliphatic rings. The van der Waals surface area contributed by atoms with Crippen molar-refractivity contribution in [2.45, 2.75) is 39.0 Å². The van der Waals surface area contributed by atoms with E-state index in [4.69, 9.17) is 0 Å². The SMILES string of the molecule is CCc1ccccc1N(c1ccc(C=C(c2ccccc2)c2ccccc2)cc1)c1ccc(/C=C/c2ccc(/C=C/c3ccc(N(c4ccc(CC(c5ccccc5)c5ccccc5)cc4)c4ccccc4CC)cc3)cc2)cc1. The van der Waals surface area contributed by atoms with Crippen LogP contribution in [0.5, 0.6) is 0 Å². The smallest absolute Gasteiger partial charge is 0.0493 e. The fraction of sp³-hybridized carbons (Fsp3) is 0.0769. The van der Waals surface area contributed by atoms with Gasteiger partial charge in [-0.05, 0) is 158 Å². The third-order valence-corrected chi connectivity index (χ3v) is 15.1. The van der Waals surface area contributed by atoms with Crippen LogP contribution in [0.4, 0.5) is 34.1 Å². The quantitative estimate of drug-likeness (QED) is 0.0745. The molecule has 11 aromatic carbocycles. The molecule has 0 aliphatic heterocycles. The Labute approximate surface area is 474 Å². The van der Waals surface area contributed by atoms with Crippen molar-refractivity contribution in [2.24, 2.45) is 0 Å². The molecule has 0 aliphatic carbocycles. The maximum Gasteiger partial charge on any atom is 0.0493 e. The van der Waals surface area contributed by atoms with Gasteiger partial charge in [-0.15, -0.1) is 0 Å². The molecule has 0 bridgehead atoms. The molecule has 0 N–H and O–H groups in total. The van der Waals surface area contributed by atoms with Gasteiger partial charge in [0.1, 0.15) is 0 Å². The Morgan fingerprint density at radius 1 is 0.312 bits per heavy atom. The fourth-order valence-corrected chi connectivity index (χ4v) is 10.8. The lowest BCUT2D eigenvalue weighted by molar-refractivity contribution is 0.805. The zero-order valence-electron chi connectivity index (χ0n) is 45.7. The normalized spacial score (nSPS) is 11.3. The summed E-state index contributed by atoms with van der Waals surface area (Å²) in [5, 5.41) is 0. The molecular weight excluding hydrogens is 965 g/mol. The molecule has 0 amide bonds. The lowest BCUT2D eigenvalue weighted by Crippen LogP contribution is -2.12. The maximum atomic E-state index is 2.40. The average molecular weight is 1030 g/mol. The third-order valence-electron chi connectivity index (χ3n) is 15.1. The molecule has 0 radical (unpaired) electrons. The zero-order valence-corrected chi connectivity index (χ0v) is 45.7. The predicted octanol–water partition coefficient (Wildman–Crippen LogP) is 21.1. The van der Waals surface area contributed by atoms with Crippen molar-refractivity contribution in [3.8, 4) is 0 Å². The second-order valence-electron chi connectivity index (χ2n) is 20.3. The summed E-state index contributed by atoms with van der Waals surface area (Å²) in [4.78, 5) is 4.78. The second kappa shape index (κ2) is 25.6. The van der Waals surface area contributed by atoms with E-state index in [9.17, 15) is 0 Å². The van der Waals surface area contributed by atoms with E-state index in [2.05, 4.69) is 345 Å². The van der Waals surface area contributed by atoms with E-state index in [1.807, 2.05) is 0 Å². The van der Waals surface area contributed by atoms with Crippen molar-refractivity contribution in [3.05, 3.63) is 358 Å². The van der Waals surface area contributed by atoms with Gasteiger partial charge in [0.25, 0.3) is 0 Å². The molecule has 0 saturated carbocycles. The number of hydrogen-bond donors (Lipinski definition) is 0. The van der Waals surface area contributed by atoms with Gasteiger partial charge >= 0.3 is 0 Å². The summed E-state index contributed by atoms with van der Waals surface area (Å²) in [6.07, 6.45) is 13.9. The van der Waals surface area contributed by atoms with Gasteiger partial charge in [-0.3, -0.25) is 0 Å². The minimum Gasteiger partial charge on any atom is -0.310 e. The first-order valence-electron chi connectivity index (χ1n) is 28.1. The van der Waals surface area contributed by atoms with Crippen molar-refractivity contribution in [1.82, 2.24) is 0 Å². The van der Waals surface area contributed by atoms with Crippen molar-refractivity contribution < 1.29 is 0 Å². The summed E-state index contributed by atoms with van der Waals surface area (Å²) in [5.41, 5.74) is 22.8. The van der Waals surface area contributed by atoms with E-state index in [-0.39, 0.29) is 5.92 Å². The molecule has 80 heavy (non-hydrogen) atoms. The van der Waals surface area contributed by atoms with Gasteiger partial charge in [-0.2, -0.15) is 0 Å². The van der Waals surface area contributed by atoms with Crippen molar-refractivity contribution in [2.75, 3.05) is 9.80 Å². The minimum atomic E-state index is 0.277. The van der Waals surface area contributed by atoms with E-state index in [1.165, 1.54) is 55.9 Å². The van der Waals surface area contributed by atoms with Crippen molar-refractivity contribution in [3.63, 3.8) is 0 Å². The number of anilines is 6. The molecule has 0 heterocycles. The summed E-state index contributed by atoms with van der Waals surface area (Å²) in [6, 6.07) is 105. The highest BCUT2D eigenvalue weighted by Crippen LogP contribution is 2.40. The monoisotopic (exact) mass is 1030 g/mol. The van der Waals surface area contributed by atoms with Crippen LogP contribution in [0.15, 0.2) is 291 Å². The van der Waals surface area contributed by atoms with Gasteiger partial charge < -0.3 is 9.80 Å². The van der Waals surface area contributed by atoms with Gasteiger partial charge in [0.05, 0.1) is 0 Å². The van der Waals surface area contributed by atoms with Crippen LogP contribution in [-0.2, 0) is 19.3 Å². The molecule has 0 fully saturated rings. The summed E-state index contributed by atoms with van der Waals surface area (Å²) in [5.74, 6) is 0.277. The van der Waals surface area contributed by atoms with Crippen LogP contribution in [0.2, 0.25) is 0 Å². The largest absolute Gasteiger partial charge is 0.310 e. The number of hydrogen-bond acceptors (Lipinski definition) is 2. The van der Waals surface area contributed by atoms with Crippen molar-refractivity contribution in [1.29, 1.82) is 0 Å². The molecule has 0 saturated heterocycles. The number of benzene rings is 11. The lowest BCUT2D eigenvalue weighted by atomic mass is 9.86. The van der Waals surface area contributed by atoms with E-state index in [1.54, 1.807) is 0 Å². The summed E-state index contributed by atoms with van der Waals surface area (Å²) >= 11 is 0. The van der Waals surface area contributed by atoms with Crippen molar-refractivity contribution >= 4 is 70.1 Å². The third kappa shape index (κ3) is 12.6. The Morgan fingerprint density at radius 2 is 0.613 bits per heavy atom. The molecule has 2 nitrogen and oxygen atoms in total. The highest BCUT2D eigenvalue weighted by atomic mass is 15.1. The van der Waals surface area contributed by atoms with E-state index in [0.29, 0.717) is 0 Å². The zero-order chi connectivity index (χ0) is 54.3. The number of aryl methyl sites for hydroxylation is 2. The number of para-hydroxylation sites is 2. The Bertz CT molecular complexity index is 3720. The van der Waals surface area contributed by atoms with Crippen LogP contribution in [-0.4, -0.2) is 0 Å². The first kappa shape index (κ1) is 52.3. The molecular formula is C78H66N2. The second-order valence-corrected chi connectivity index (χ2v) is 20.3. The van der Waals surface area contributed by atoms with Gasteiger partial charge in [0.15, 0.2) is 0 Å². The molecule has 2 heteroatoms. The molecule has 11 rings (SSSR count). The fourth-order valence-electron chi connectivity index (χ4n) is 10.8. The van der Waals surface area contributed by atoms with Gasteiger partial charge in [-0.1, -0.05) is 269 Å². The summed E-state index contributed by atoms with van der Waals surface area (Å²) in [6.45, 7) is 4.46.